The molecule has 0 radical (unpaired) electrons. The summed E-state index contributed by atoms with van der Waals surface area (Å²) < 4.78 is 1.19. The van der Waals surface area contributed by atoms with Gasteiger partial charge in [0.1, 0.15) is 0 Å². The van der Waals surface area contributed by atoms with Crippen LogP contribution < -0.4 is 5.32 Å². The SMILES string of the molecule is Brc1cccc(C2CC(NCc3ccsc3)C2)c1. The van der Waals surface area contributed by atoms with E-state index in [9.17, 15) is 0 Å². The van der Waals surface area contributed by atoms with E-state index in [1.165, 1.54) is 28.4 Å². The first-order valence-electron chi connectivity index (χ1n) is 6.31. The minimum atomic E-state index is 0.689. The van der Waals surface area contributed by atoms with Gasteiger partial charge in [-0.1, -0.05) is 28.1 Å². The van der Waals surface area contributed by atoms with E-state index in [1.54, 1.807) is 11.3 Å². The Labute approximate surface area is 120 Å². The van der Waals surface area contributed by atoms with Crippen LogP contribution in [0.25, 0.3) is 0 Å². The molecule has 0 spiro atoms. The summed E-state index contributed by atoms with van der Waals surface area (Å²) in [6.45, 7) is 1.01. The van der Waals surface area contributed by atoms with Crippen molar-refractivity contribution in [2.24, 2.45) is 0 Å². The van der Waals surface area contributed by atoms with Gasteiger partial charge >= 0.3 is 0 Å². The molecular weight excluding hydrogens is 306 g/mol. The van der Waals surface area contributed by atoms with Gasteiger partial charge in [-0.3, -0.25) is 0 Å². The number of benzene rings is 1. The van der Waals surface area contributed by atoms with Crippen LogP contribution in [0.4, 0.5) is 0 Å². The molecule has 18 heavy (non-hydrogen) atoms. The van der Waals surface area contributed by atoms with E-state index in [-0.39, 0.29) is 0 Å². The molecule has 1 fully saturated rings. The van der Waals surface area contributed by atoms with Crippen LogP contribution in [0.3, 0.4) is 0 Å². The van der Waals surface area contributed by atoms with Gasteiger partial charge in [-0.2, -0.15) is 11.3 Å². The Morgan fingerprint density at radius 3 is 2.89 bits per heavy atom. The molecule has 0 aliphatic heterocycles. The van der Waals surface area contributed by atoms with Crippen molar-refractivity contribution >= 4 is 27.3 Å². The fourth-order valence-electron chi connectivity index (χ4n) is 2.47. The summed E-state index contributed by atoms with van der Waals surface area (Å²) in [5, 5.41) is 7.99. The molecule has 0 bridgehead atoms. The number of rotatable bonds is 4. The Hall–Kier alpha value is -0.640. The Bertz CT molecular complexity index is 503. The fourth-order valence-corrected chi connectivity index (χ4v) is 3.56. The van der Waals surface area contributed by atoms with Crippen molar-refractivity contribution in [1.82, 2.24) is 5.32 Å². The zero-order valence-electron chi connectivity index (χ0n) is 10.1. The molecule has 0 atom stereocenters. The van der Waals surface area contributed by atoms with E-state index in [0.717, 1.165) is 12.5 Å². The lowest BCUT2D eigenvalue weighted by atomic mass is 9.76. The van der Waals surface area contributed by atoms with Crippen LogP contribution in [-0.4, -0.2) is 6.04 Å². The molecule has 1 N–H and O–H groups in total. The fraction of sp³-hybridized carbons (Fsp3) is 0.333. The highest BCUT2D eigenvalue weighted by atomic mass is 79.9. The topological polar surface area (TPSA) is 12.0 Å². The van der Waals surface area contributed by atoms with Gasteiger partial charge in [0.2, 0.25) is 0 Å². The van der Waals surface area contributed by atoms with Crippen LogP contribution in [-0.2, 0) is 6.54 Å². The third-order valence-corrected chi connectivity index (χ3v) is 4.86. The highest BCUT2D eigenvalue weighted by molar-refractivity contribution is 9.10. The first-order chi connectivity index (χ1) is 8.81. The molecule has 0 amide bonds. The van der Waals surface area contributed by atoms with Crippen LogP contribution in [0, 0.1) is 0 Å². The molecule has 1 nitrogen and oxygen atoms in total. The molecule has 0 saturated heterocycles. The Morgan fingerprint density at radius 1 is 1.28 bits per heavy atom. The molecule has 0 unspecified atom stereocenters. The van der Waals surface area contributed by atoms with Crippen LogP contribution in [0.2, 0.25) is 0 Å². The maximum atomic E-state index is 3.63. The van der Waals surface area contributed by atoms with Crippen molar-refractivity contribution in [3.63, 3.8) is 0 Å². The van der Waals surface area contributed by atoms with Crippen molar-refractivity contribution < 1.29 is 0 Å². The molecule has 3 heteroatoms. The maximum Gasteiger partial charge on any atom is 0.0216 e. The molecular formula is C15H16BrNS. The lowest BCUT2D eigenvalue weighted by Gasteiger charge is -2.36. The zero-order chi connectivity index (χ0) is 12.4. The summed E-state index contributed by atoms with van der Waals surface area (Å²) in [5.41, 5.74) is 2.88. The third kappa shape index (κ3) is 2.85. The monoisotopic (exact) mass is 321 g/mol. The van der Waals surface area contributed by atoms with E-state index >= 15 is 0 Å². The quantitative estimate of drug-likeness (QED) is 0.871. The zero-order valence-corrected chi connectivity index (χ0v) is 12.5. The Balaban J connectivity index is 1.48. The smallest absolute Gasteiger partial charge is 0.0216 e. The minimum Gasteiger partial charge on any atom is -0.310 e. The first kappa shape index (κ1) is 12.4. The van der Waals surface area contributed by atoms with E-state index in [1.807, 2.05) is 0 Å². The van der Waals surface area contributed by atoms with Gasteiger partial charge in [0.15, 0.2) is 0 Å². The van der Waals surface area contributed by atoms with Gasteiger partial charge in [-0.15, -0.1) is 0 Å². The van der Waals surface area contributed by atoms with E-state index in [4.69, 9.17) is 0 Å². The lowest BCUT2D eigenvalue weighted by Crippen LogP contribution is -2.39. The number of nitrogens with one attached hydrogen (secondary N) is 1. The van der Waals surface area contributed by atoms with Crippen molar-refractivity contribution in [2.75, 3.05) is 0 Å². The maximum absolute atomic E-state index is 3.63. The molecule has 2 aromatic rings. The summed E-state index contributed by atoms with van der Waals surface area (Å²) in [7, 11) is 0. The molecule has 1 aromatic carbocycles. The number of halogens is 1. The second kappa shape index (κ2) is 5.55. The highest BCUT2D eigenvalue weighted by Gasteiger charge is 2.29. The average Bonchev–Trinajstić information content (AvgIpc) is 2.80. The van der Waals surface area contributed by atoms with Crippen LogP contribution in [0.1, 0.15) is 29.9 Å². The largest absolute Gasteiger partial charge is 0.310 e. The van der Waals surface area contributed by atoms with Gasteiger partial charge in [0.25, 0.3) is 0 Å². The Kier molecular flexibility index (Phi) is 3.83. The summed E-state index contributed by atoms with van der Waals surface area (Å²) in [4.78, 5) is 0. The van der Waals surface area contributed by atoms with Crippen molar-refractivity contribution in [3.05, 3.63) is 56.7 Å². The van der Waals surface area contributed by atoms with Crippen LogP contribution in [0.15, 0.2) is 45.6 Å². The second-order valence-electron chi connectivity index (χ2n) is 4.93. The summed E-state index contributed by atoms with van der Waals surface area (Å²) in [5.74, 6) is 0.738. The molecule has 3 rings (SSSR count). The minimum absolute atomic E-state index is 0.689. The average molecular weight is 322 g/mol. The predicted octanol–water partition coefficient (Wildman–Crippen LogP) is 4.55. The van der Waals surface area contributed by atoms with E-state index < -0.39 is 0 Å². The summed E-state index contributed by atoms with van der Waals surface area (Å²) >= 11 is 5.31. The van der Waals surface area contributed by atoms with Gasteiger partial charge in [0.05, 0.1) is 0 Å². The third-order valence-electron chi connectivity index (χ3n) is 3.63. The first-order valence-corrected chi connectivity index (χ1v) is 8.05. The summed E-state index contributed by atoms with van der Waals surface area (Å²) in [6.07, 6.45) is 2.53. The van der Waals surface area contributed by atoms with Crippen molar-refractivity contribution in [3.8, 4) is 0 Å². The second-order valence-corrected chi connectivity index (χ2v) is 6.63. The molecule has 1 aliphatic rings. The molecule has 94 valence electrons. The molecule has 1 heterocycles. The van der Waals surface area contributed by atoms with Crippen molar-refractivity contribution in [2.45, 2.75) is 31.3 Å². The number of hydrogen-bond acceptors (Lipinski definition) is 2. The van der Waals surface area contributed by atoms with Gasteiger partial charge in [-0.25, -0.2) is 0 Å². The molecule has 1 aliphatic carbocycles. The number of hydrogen-bond donors (Lipinski definition) is 1. The van der Waals surface area contributed by atoms with Crippen LogP contribution in [0.5, 0.6) is 0 Å². The lowest BCUT2D eigenvalue weighted by molar-refractivity contribution is 0.289. The number of thiophene rings is 1. The molecule has 1 saturated carbocycles. The van der Waals surface area contributed by atoms with Crippen molar-refractivity contribution in [1.29, 1.82) is 0 Å². The summed E-state index contributed by atoms with van der Waals surface area (Å²) in [6, 6.07) is 11.6. The van der Waals surface area contributed by atoms with Gasteiger partial charge in [-0.05, 0) is 58.8 Å². The molecule has 1 aromatic heterocycles. The van der Waals surface area contributed by atoms with Gasteiger partial charge in [0, 0.05) is 17.1 Å². The van der Waals surface area contributed by atoms with E-state index in [0.29, 0.717) is 6.04 Å². The van der Waals surface area contributed by atoms with E-state index in [2.05, 4.69) is 62.3 Å². The predicted molar refractivity (Wildman–Crippen MR) is 81.1 cm³/mol. The van der Waals surface area contributed by atoms with Crippen LogP contribution >= 0.6 is 27.3 Å². The van der Waals surface area contributed by atoms with Gasteiger partial charge < -0.3 is 5.32 Å². The highest BCUT2D eigenvalue weighted by Crippen LogP contribution is 2.37. The standard InChI is InChI=1S/C15H16BrNS/c16-14-3-1-2-12(6-14)13-7-15(8-13)17-9-11-4-5-18-10-11/h1-6,10,13,15,17H,7-9H2. The Morgan fingerprint density at radius 2 is 2.17 bits per heavy atom. The normalized spacial score (nSPS) is 22.7.